The lowest BCUT2D eigenvalue weighted by atomic mass is 9.98. The van der Waals surface area contributed by atoms with Gasteiger partial charge in [0.25, 0.3) is 5.91 Å². The summed E-state index contributed by atoms with van der Waals surface area (Å²) in [6.45, 7) is 6.17. The number of nitrogens with two attached hydrogens (primary N) is 1. The van der Waals surface area contributed by atoms with Gasteiger partial charge in [0.1, 0.15) is 0 Å². The molecule has 1 amide bonds. The van der Waals surface area contributed by atoms with Crippen LogP contribution in [0.15, 0.2) is 36.4 Å². The second kappa shape index (κ2) is 6.19. The Kier molecular flexibility index (Phi) is 4.53. The van der Waals surface area contributed by atoms with Crippen LogP contribution in [0.2, 0.25) is 5.02 Å². The first kappa shape index (κ1) is 15.4. The summed E-state index contributed by atoms with van der Waals surface area (Å²) in [6, 6.07) is 11.0. The Balaban J connectivity index is 2.39. The maximum absolute atomic E-state index is 12.5. The van der Waals surface area contributed by atoms with Gasteiger partial charge in [0.2, 0.25) is 0 Å². The van der Waals surface area contributed by atoms with E-state index in [1.165, 1.54) is 0 Å². The highest BCUT2D eigenvalue weighted by molar-refractivity contribution is 6.34. The lowest BCUT2D eigenvalue weighted by Crippen LogP contribution is -2.16. The molecule has 0 aliphatic heterocycles. The number of nitrogens with one attached hydrogen (secondary N) is 1. The van der Waals surface area contributed by atoms with E-state index in [1.807, 2.05) is 25.1 Å². The number of para-hydroxylation sites is 2. The Morgan fingerprint density at radius 2 is 1.86 bits per heavy atom. The zero-order valence-electron chi connectivity index (χ0n) is 12.4. The predicted octanol–water partition coefficient (Wildman–Crippen LogP) is 4.61. The van der Waals surface area contributed by atoms with Crippen molar-refractivity contribution in [2.45, 2.75) is 26.7 Å². The van der Waals surface area contributed by atoms with Crippen molar-refractivity contribution in [2.24, 2.45) is 0 Å². The first-order valence-corrected chi connectivity index (χ1v) is 7.24. The molecule has 110 valence electrons. The van der Waals surface area contributed by atoms with Gasteiger partial charge >= 0.3 is 0 Å². The van der Waals surface area contributed by atoms with Crippen LogP contribution in [0, 0.1) is 6.92 Å². The molecule has 2 aromatic rings. The number of benzene rings is 2. The van der Waals surface area contributed by atoms with Crippen molar-refractivity contribution >= 4 is 28.9 Å². The van der Waals surface area contributed by atoms with E-state index in [-0.39, 0.29) is 5.91 Å². The summed E-state index contributed by atoms with van der Waals surface area (Å²) in [5.41, 5.74) is 9.54. The van der Waals surface area contributed by atoms with E-state index in [1.54, 1.807) is 18.2 Å². The van der Waals surface area contributed by atoms with Crippen molar-refractivity contribution in [1.82, 2.24) is 0 Å². The number of carbonyl (C=O) groups excluding carboxylic acids is 1. The second-order valence-electron chi connectivity index (χ2n) is 5.35. The fourth-order valence-electron chi connectivity index (χ4n) is 2.26. The number of amides is 1. The molecule has 0 fully saturated rings. The summed E-state index contributed by atoms with van der Waals surface area (Å²) < 4.78 is 0. The monoisotopic (exact) mass is 302 g/mol. The topological polar surface area (TPSA) is 55.1 Å². The molecule has 0 saturated heterocycles. The van der Waals surface area contributed by atoms with E-state index in [0.717, 1.165) is 16.8 Å². The molecule has 0 radical (unpaired) electrons. The molecular formula is C17H19ClN2O. The lowest BCUT2D eigenvalue weighted by molar-refractivity contribution is 0.102. The Bertz CT molecular complexity index is 680. The molecular weight excluding hydrogens is 284 g/mol. The number of nitrogen functional groups attached to an aromatic ring is 1. The molecule has 0 aliphatic rings. The fourth-order valence-corrected chi connectivity index (χ4v) is 2.43. The van der Waals surface area contributed by atoms with Gasteiger partial charge < -0.3 is 11.1 Å². The number of halogens is 1. The quantitative estimate of drug-likeness (QED) is 0.814. The molecule has 0 spiro atoms. The zero-order valence-corrected chi connectivity index (χ0v) is 13.2. The van der Waals surface area contributed by atoms with E-state index in [9.17, 15) is 4.79 Å². The molecule has 0 unspecified atom stereocenters. The van der Waals surface area contributed by atoms with Crippen molar-refractivity contribution in [3.63, 3.8) is 0 Å². The van der Waals surface area contributed by atoms with Crippen molar-refractivity contribution < 1.29 is 4.79 Å². The maximum Gasteiger partial charge on any atom is 0.257 e. The fraction of sp³-hybridized carbons (Fsp3) is 0.235. The first-order chi connectivity index (χ1) is 9.91. The molecule has 21 heavy (non-hydrogen) atoms. The summed E-state index contributed by atoms with van der Waals surface area (Å²) in [7, 11) is 0. The third-order valence-electron chi connectivity index (χ3n) is 3.46. The molecule has 0 bridgehead atoms. The Morgan fingerprint density at radius 3 is 2.52 bits per heavy atom. The molecule has 0 aromatic heterocycles. The SMILES string of the molecule is Cc1cccc(C(C)C)c1NC(=O)c1cccc(Cl)c1N. The predicted molar refractivity (Wildman–Crippen MR) is 89.1 cm³/mol. The Labute approximate surface area is 130 Å². The van der Waals surface area contributed by atoms with Gasteiger partial charge in [0, 0.05) is 5.69 Å². The number of rotatable bonds is 3. The maximum atomic E-state index is 12.5. The van der Waals surface area contributed by atoms with E-state index in [2.05, 4.69) is 19.2 Å². The van der Waals surface area contributed by atoms with E-state index < -0.39 is 0 Å². The van der Waals surface area contributed by atoms with Gasteiger partial charge in [-0.25, -0.2) is 0 Å². The van der Waals surface area contributed by atoms with Crippen molar-refractivity contribution in [2.75, 3.05) is 11.1 Å². The molecule has 4 heteroatoms. The standard InChI is InChI=1S/C17H19ClN2O/c1-10(2)12-7-4-6-11(3)16(12)20-17(21)13-8-5-9-14(18)15(13)19/h4-10H,19H2,1-3H3,(H,20,21). The molecule has 0 atom stereocenters. The molecule has 3 N–H and O–H groups in total. The Morgan fingerprint density at radius 1 is 1.19 bits per heavy atom. The van der Waals surface area contributed by atoms with Crippen LogP contribution in [0.5, 0.6) is 0 Å². The number of aryl methyl sites for hydroxylation is 1. The third kappa shape index (κ3) is 3.19. The van der Waals surface area contributed by atoms with Gasteiger partial charge in [-0.2, -0.15) is 0 Å². The van der Waals surface area contributed by atoms with Gasteiger partial charge in [0.05, 0.1) is 16.3 Å². The van der Waals surface area contributed by atoms with E-state index >= 15 is 0 Å². The summed E-state index contributed by atoms with van der Waals surface area (Å²) in [4.78, 5) is 12.5. The summed E-state index contributed by atoms with van der Waals surface area (Å²) in [6.07, 6.45) is 0. The zero-order chi connectivity index (χ0) is 15.6. The number of hydrogen-bond acceptors (Lipinski definition) is 2. The minimum absolute atomic E-state index is 0.244. The van der Waals surface area contributed by atoms with Gasteiger partial charge in [0.15, 0.2) is 0 Å². The average molecular weight is 303 g/mol. The normalized spacial score (nSPS) is 10.7. The van der Waals surface area contributed by atoms with Gasteiger partial charge in [-0.15, -0.1) is 0 Å². The van der Waals surface area contributed by atoms with Gasteiger partial charge in [-0.1, -0.05) is 49.7 Å². The molecule has 2 rings (SSSR count). The van der Waals surface area contributed by atoms with Gasteiger partial charge in [-0.3, -0.25) is 4.79 Å². The summed E-state index contributed by atoms with van der Waals surface area (Å²) in [5.74, 6) is 0.0723. The van der Waals surface area contributed by atoms with Crippen LogP contribution in [-0.2, 0) is 0 Å². The third-order valence-corrected chi connectivity index (χ3v) is 3.79. The van der Waals surface area contributed by atoms with Crippen LogP contribution in [0.3, 0.4) is 0 Å². The molecule has 0 saturated carbocycles. The van der Waals surface area contributed by atoms with Crippen LogP contribution in [0.4, 0.5) is 11.4 Å². The number of anilines is 2. The highest BCUT2D eigenvalue weighted by Crippen LogP contribution is 2.29. The largest absolute Gasteiger partial charge is 0.397 e. The Hall–Kier alpha value is -2.00. The van der Waals surface area contributed by atoms with Crippen LogP contribution < -0.4 is 11.1 Å². The minimum atomic E-state index is -0.244. The first-order valence-electron chi connectivity index (χ1n) is 6.86. The van der Waals surface area contributed by atoms with Crippen molar-refractivity contribution in [3.05, 3.63) is 58.1 Å². The number of hydrogen-bond donors (Lipinski definition) is 2. The van der Waals surface area contributed by atoms with Crippen LogP contribution in [0.25, 0.3) is 0 Å². The molecule has 3 nitrogen and oxygen atoms in total. The van der Waals surface area contributed by atoms with Crippen LogP contribution in [-0.4, -0.2) is 5.91 Å². The number of carbonyl (C=O) groups is 1. The van der Waals surface area contributed by atoms with Crippen molar-refractivity contribution in [3.8, 4) is 0 Å². The lowest BCUT2D eigenvalue weighted by Gasteiger charge is -2.17. The summed E-state index contributed by atoms with van der Waals surface area (Å²) >= 11 is 5.97. The highest BCUT2D eigenvalue weighted by Gasteiger charge is 2.16. The molecule has 0 heterocycles. The van der Waals surface area contributed by atoms with E-state index in [0.29, 0.717) is 22.2 Å². The average Bonchev–Trinajstić information content (AvgIpc) is 2.43. The second-order valence-corrected chi connectivity index (χ2v) is 5.76. The van der Waals surface area contributed by atoms with Crippen molar-refractivity contribution in [1.29, 1.82) is 0 Å². The summed E-state index contributed by atoms with van der Waals surface area (Å²) in [5, 5.41) is 3.35. The van der Waals surface area contributed by atoms with Crippen LogP contribution >= 0.6 is 11.6 Å². The minimum Gasteiger partial charge on any atom is -0.397 e. The molecule has 2 aromatic carbocycles. The van der Waals surface area contributed by atoms with E-state index in [4.69, 9.17) is 17.3 Å². The molecule has 0 aliphatic carbocycles. The smallest absolute Gasteiger partial charge is 0.257 e. The highest BCUT2D eigenvalue weighted by atomic mass is 35.5. The van der Waals surface area contributed by atoms with Crippen LogP contribution in [0.1, 0.15) is 41.3 Å². The van der Waals surface area contributed by atoms with Gasteiger partial charge in [-0.05, 0) is 36.1 Å².